The fourth-order valence-corrected chi connectivity index (χ4v) is 0.988. The van der Waals surface area contributed by atoms with Crippen LogP contribution in [0.15, 0.2) is 0 Å². The lowest BCUT2D eigenvalue weighted by Gasteiger charge is -2.17. The van der Waals surface area contributed by atoms with Gasteiger partial charge in [-0.25, -0.2) is 0 Å². The second-order valence-electron chi connectivity index (χ2n) is 3.24. The summed E-state index contributed by atoms with van der Waals surface area (Å²) in [4.78, 5) is 11.4. The minimum Gasteiger partial charge on any atom is -0.465 e. The molecule has 1 N–H and O–H groups in total. The van der Waals surface area contributed by atoms with Crippen molar-refractivity contribution in [3.05, 3.63) is 0 Å². The van der Waals surface area contributed by atoms with Crippen molar-refractivity contribution >= 4 is 5.97 Å². The average Bonchev–Trinajstić information content (AvgIpc) is 2.12. The van der Waals surface area contributed by atoms with Crippen LogP contribution in [0.5, 0.6) is 0 Å². The van der Waals surface area contributed by atoms with Gasteiger partial charge in [0.05, 0.1) is 19.3 Å². The molecule has 0 saturated carbocycles. The number of hydrogen-bond donors (Lipinski definition) is 1. The molecule has 14 heavy (non-hydrogen) atoms. The van der Waals surface area contributed by atoms with Crippen LogP contribution in [0.2, 0.25) is 0 Å². The molecule has 1 unspecified atom stereocenters. The predicted octanol–water partition coefficient (Wildman–Crippen LogP) is 0.953. The van der Waals surface area contributed by atoms with Crippen LogP contribution in [0.25, 0.3) is 0 Å². The number of rotatable bonds is 7. The van der Waals surface area contributed by atoms with Gasteiger partial charge in [0.15, 0.2) is 0 Å². The average molecular weight is 203 g/mol. The second-order valence-corrected chi connectivity index (χ2v) is 3.24. The Labute approximate surface area is 86.0 Å². The van der Waals surface area contributed by atoms with E-state index in [1.54, 1.807) is 6.92 Å². The highest BCUT2D eigenvalue weighted by Gasteiger charge is 2.18. The molecule has 4 nitrogen and oxygen atoms in total. The van der Waals surface area contributed by atoms with Crippen LogP contribution < -0.4 is 5.32 Å². The Balaban J connectivity index is 3.93. The minimum absolute atomic E-state index is 0.130. The lowest BCUT2D eigenvalue weighted by atomic mass is 10.3. The van der Waals surface area contributed by atoms with Gasteiger partial charge < -0.3 is 14.8 Å². The molecule has 0 aliphatic heterocycles. The molecule has 0 radical (unpaired) electrons. The third-order valence-corrected chi connectivity index (χ3v) is 1.62. The fourth-order valence-electron chi connectivity index (χ4n) is 0.988. The molecule has 0 aromatic carbocycles. The van der Waals surface area contributed by atoms with Crippen molar-refractivity contribution in [3.63, 3.8) is 0 Å². The van der Waals surface area contributed by atoms with Crippen molar-refractivity contribution in [2.75, 3.05) is 19.8 Å². The van der Waals surface area contributed by atoms with E-state index in [1.165, 1.54) is 0 Å². The van der Waals surface area contributed by atoms with Crippen molar-refractivity contribution < 1.29 is 14.3 Å². The van der Waals surface area contributed by atoms with Crippen molar-refractivity contribution in [2.24, 2.45) is 0 Å². The Bertz CT molecular complexity index is 159. The van der Waals surface area contributed by atoms with E-state index < -0.39 is 0 Å². The van der Waals surface area contributed by atoms with Gasteiger partial charge >= 0.3 is 5.97 Å². The van der Waals surface area contributed by atoms with Crippen LogP contribution >= 0.6 is 0 Å². The standard InChI is InChI=1S/C10H21NO3/c1-5-11-9(7-14-8(3)4)10(12)13-6-2/h8-9,11H,5-7H2,1-4H3. The largest absolute Gasteiger partial charge is 0.465 e. The van der Waals surface area contributed by atoms with E-state index in [0.717, 1.165) is 6.54 Å². The Hall–Kier alpha value is -0.610. The van der Waals surface area contributed by atoms with E-state index in [4.69, 9.17) is 9.47 Å². The first-order chi connectivity index (χ1) is 6.61. The molecule has 0 aliphatic carbocycles. The van der Waals surface area contributed by atoms with Crippen LogP contribution in [0.3, 0.4) is 0 Å². The molecule has 0 fully saturated rings. The number of esters is 1. The summed E-state index contributed by atoms with van der Waals surface area (Å²) in [6.45, 7) is 9.12. The zero-order valence-corrected chi connectivity index (χ0v) is 9.50. The van der Waals surface area contributed by atoms with Crippen LogP contribution in [-0.4, -0.2) is 37.9 Å². The van der Waals surface area contributed by atoms with Crippen molar-refractivity contribution in [1.82, 2.24) is 5.32 Å². The van der Waals surface area contributed by atoms with Crippen LogP contribution in [0.1, 0.15) is 27.7 Å². The SMILES string of the molecule is CCNC(COC(C)C)C(=O)OCC. The summed E-state index contributed by atoms with van der Waals surface area (Å²) in [5, 5.41) is 3.02. The van der Waals surface area contributed by atoms with Crippen LogP contribution in [-0.2, 0) is 14.3 Å². The van der Waals surface area contributed by atoms with Gasteiger partial charge in [0, 0.05) is 0 Å². The van der Waals surface area contributed by atoms with Gasteiger partial charge in [-0.05, 0) is 27.3 Å². The van der Waals surface area contributed by atoms with E-state index in [1.807, 2.05) is 20.8 Å². The van der Waals surface area contributed by atoms with Gasteiger partial charge in [0.25, 0.3) is 0 Å². The monoisotopic (exact) mass is 203 g/mol. The van der Waals surface area contributed by atoms with Gasteiger partial charge in [-0.15, -0.1) is 0 Å². The molecular formula is C10H21NO3. The van der Waals surface area contributed by atoms with Crippen LogP contribution in [0, 0.1) is 0 Å². The minimum atomic E-state index is -0.345. The topological polar surface area (TPSA) is 47.6 Å². The summed E-state index contributed by atoms with van der Waals surface area (Å²) >= 11 is 0. The summed E-state index contributed by atoms with van der Waals surface area (Å²) in [5.41, 5.74) is 0. The summed E-state index contributed by atoms with van der Waals surface area (Å²) in [6.07, 6.45) is 0.130. The smallest absolute Gasteiger partial charge is 0.325 e. The predicted molar refractivity (Wildman–Crippen MR) is 55.2 cm³/mol. The van der Waals surface area contributed by atoms with Crippen LogP contribution in [0.4, 0.5) is 0 Å². The van der Waals surface area contributed by atoms with Crippen molar-refractivity contribution in [3.8, 4) is 0 Å². The highest BCUT2D eigenvalue weighted by molar-refractivity contribution is 5.75. The molecule has 0 aromatic heterocycles. The van der Waals surface area contributed by atoms with Gasteiger partial charge in [-0.3, -0.25) is 4.79 Å². The normalized spacial score (nSPS) is 12.9. The van der Waals surface area contributed by atoms with Gasteiger partial charge in [0.2, 0.25) is 0 Å². The second kappa shape index (κ2) is 7.76. The number of ether oxygens (including phenoxy) is 2. The summed E-state index contributed by atoms with van der Waals surface area (Å²) < 4.78 is 10.3. The fraction of sp³-hybridized carbons (Fsp3) is 0.900. The molecule has 0 amide bonds. The van der Waals surface area contributed by atoms with Crippen molar-refractivity contribution in [1.29, 1.82) is 0 Å². The maximum atomic E-state index is 11.4. The molecule has 0 heterocycles. The summed E-state index contributed by atoms with van der Waals surface area (Å²) in [7, 11) is 0. The first-order valence-electron chi connectivity index (χ1n) is 5.13. The molecule has 0 aliphatic rings. The molecule has 0 aromatic rings. The molecule has 0 spiro atoms. The lowest BCUT2D eigenvalue weighted by Crippen LogP contribution is -2.42. The first kappa shape index (κ1) is 13.4. The summed E-state index contributed by atoms with van der Waals surface area (Å²) in [6, 6.07) is -0.345. The van der Waals surface area contributed by atoms with E-state index in [9.17, 15) is 4.79 Å². The zero-order chi connectivity index (χ0) is 11.0. The highest BCUT2D eigenvalue weighted by atomic mass is 16.5. The number of likely N-dealkylation sites (N-methyl/N-ethyl adjacent to an activating group) is 1. The molecule has 84 valence electrons. The molecule has 0 bridgehead atoms. The Kier molecular flexibility index (Phi) is 7.42. The van der Waals surface area contributed by atoms with Gasteiger partial charge in [-0.2, -0.15) is 0 Å². The van der Waals surface area contributed by atoms with E-state index in [2.05, 4.69) is 5.32 Å². The molecule has 0 saturated heterocycles. The number of carbonyl (C=O) groups is 1. The Morgan fingerprint density at radius 1 is 1.36 bits per heavy atom. The lowest BCUT2D eigenvalue weighted by molar-refractivity contribution is -0.147. The van der Waals surface area contributed by atoms with Gasteiger partial charge in [0.1, 0.15) is 6.04 Å². The third kappa shape index (κ3) is 5.94. The number of carbonyl (C=O) groups excluding carboxylic acids is 1. The molecular weight excluding hydrogens is 182 g/mol. The maximum absolute atomic E-state index is 11.4. The molecule has 4 heteroatoms. The number of hydrogen-bond acceptors (Lipinski definition) is 4. The Morgan fingerprint density at radius 2 is 2.00 bits per heavy atom. The third-order valence-electron chi connectivity index (χ3n) is 1.62. The molecule has 1 atom stereocenters. The van der Waals surface area contributed by atoms with E-state index >= 15 is 0 Å². The first-order valence-corrected chi connectivity index (χ1v) is 5.13. The Morgan fingerprint density at radius 3 is 2.43 bits per heavy atom. The van der Waals surface area contributed by atoms with Gasteiger partial charge in [-0.1, -0.05) is 6.92 Å². The number of nitrogens with one attached hydrogen (secondary N) is 1. The highest BCUT2D eigenvalue weighted by Crippen LogP contribution is 1.95. The maximum Gasteiger partial charge on any atom is 0.325 e. The van der Waals surface area contributed by atoms with E-state index in [-0.39, 0.29) is 18.1 Å². The van der Waals surface area contributed by atoms with Crippen molar-refractivity contribution in [2.45, 2.75) is 39.8 Å². The quantitative estimate of drug-likeness (QED) is 0.626. The summed E-state index contributed by atoms with van der Waals surface area (Å²) in [5.74, 6) is -0.241. The zero-order valence-electron chi connectivity index (χ0n) is 9.50. The molecule has 0 rings (SSSR count). The van der Waals surface area contributed by atoms with E-state index in [0.29, 0.717) is 13.2 Å².